The van der Waals surface area contributed by atoms with Crippen molar-refractivity contribution in [2.45, 2.75) is 46.2 Å². The summed E-state index contributed by atoms with van der Waals surface area (Å²) in [6, 6.07) is 13.4. The molecule has 0 unspecified atom stereocenters. The van der Waals surface area contributed by atoms with E-state index in [2.05, 4.69) is 0 Å². The number of allylic oxidation sites excluding steroid dienone is 3. The Balaban J connectivity index is 2.07. The fourth-order valence-corrected chi connectivity index (χ4v) is 2.59. The van der Waals surface area contributed by atoms with Crippen LogP contribution in [0, 0.1) is 0 Å². The van der Waals surface area contributed by atoms with Gasteiger partial charge in [-0.3, -0.25) is 0 Å². The number of benzene rings is 2. The monoisotopic (exact) mass is 368 g/mol. The number of hydrogen-bond donors (Lipinski definition) is 3. The van der Waals surface area contributed by atoms with Crippen molar-refractivity contribution in [3.63, 3.8) is 0 Å². The minimum Gasteiger partial charge on any atom is -0.489 e. The third-order valence-corrected chi connectivity index (χ3v) is 4.16. The molecule has 2 aromatic carbocycles. The maximum atomic E-state index is 9.73. The summed E-state index contributed by atoms with van der Waals surface area (Å²) in [5, 5.41) is 28.4. The molecule has 2 rings (SSSR count). The highest BCUT2D eigenvalue weighted by Gasteiger charge is 2.06. The molecule has 0 aliphatic carbocycles. The number of ether oxygens (including phenoxy) is 1. The van der Waals surface area contributed by atoms with Gasteiger partial charge in [0.2, 0.25) is 0 Å². The first-order valence-electron chi connectivity index (χ1n) is 8.96. The summed E-state index contributed by atoms with van der Waals surface area (Å²) < 4.78 is 5.89. The van der Waals surface area contributed by atoms with E-state index in [1.165, 1.54) is 0 Å². The van der Waals surface area contributed by atoms with Crippen LogP contribution < -0.4 is 4.74 Å². The summed E-state index contributed by atoms with van der Waals surface area (Å²) >= 11 is 0. The summed E-state index contributed by atoms with van der Waals surface area (Å²) in [7, 11) is 0. The van der Waals surface area contributed by atoms with Gasteiger partial charge < -0.3 is 20.1 Å². The van der Waals surface area contributed by atoms with Crippen LogP contribution in [0.1, 0.15) is 43.0 Å². The fraction of sp³-hybridized carbons (Fsp3) is 0.304. The zero-order valence-electron chi connectivity index (χ0n) is 16.1. The van der Waals surface area contributed by atoms with Crippen molar-refractivity contribution in [1.82, 2.24) is 0 Å². The zero-order valence-corrected chi connectivity index (χ0v) is 16.1. The van der Waals surface area contributed by atoms with Gasteiger partial charge in [0.1, 0.15) is 12.4 Å². The predicted molar refractivity (Wildman–Crippen MR) is 108 cm³/mol. The lowest BCUT2D eigenvalue weighted by Crippen LogP contribution is -2.13. The van der Waals surface area contributed by atoms with Gasteiger partial charge in [-0.1, -0.05) is 42.5 Å². The molecule has 0 radical (unpaired) electrons. The first-order valence-corrected chi connectivity index (χ1v) is 8.96. The highest BCUT2D eigenvalue weighted by Crippen LogP contribution is 2.22. The number of rotatable bonds is 8. The average Bonchev–Trinajstić information content (AvgIpc) is 2.65. The molecule has 0 spiro atoms. The summed E-state index contributed by atoms with van der Waals surface area (Å²) in [5.74, 6) is 0.753. The summed E-state index contributed by atoms with van der Waals surface area (Å²) in [5.41, 5.74) is 3.64. The maximum absolute atomic E-state index is 9.73. The van der Waals surface area contributed by atoms with E-state index in [-0.39, 0.29) is 13.2 Å². The van der Waals surface area contributed by atoms with E-state index in [0.29, 0.717) is 12.2 Å². The topological polar surface area (TPSA) is 69.9 Å². The minimum absolute atomic E-state index is 0.0907. The highest BCUT2D eigenvalue weighted by atomic mass is 16.5. The first kappa shape index (κ1) is 20.9. The molecule has 0 bridgehead atoms. The molecule has 4 heteroatoms. The van der Waals surface area contributed by atoms with E-state index in [0.717, 1.165) is 28.0 Å². The van der Waals surface area contributed by atoms with Crippen LogP contribution in [0.5, 0.6) is 5.75 Å². The molecule has 0 atom stereocenters. The second-order valence-corrected chi connectivity index (χ2v) is 7.10. The van der Waals surface area contributed by atoms with Crippen molar-refractivity contribution in [3.8, 4) is 5.75 Å². The van der Waals surface area contributed by atoms with Crippen molar-refractivity contribution in [3.05, 3.63) is 82.9 Å². The Morgan fingerprint density at radius 3 is 2.44 bits per heavy atom. The second-order valence-electron chi connectivity index (χ2n) is 7.10. The first-order chi connectivity index (χ1) is 12.8. The van der Waals surface area contributed by atoms with Crippen LogP contribution in [0.25, 0.3) is 5.57 Å². The molecule has 2 aromatic rings. The van der Waals surface area contributed by atoms with Crippen molar-refractivity contribution in [2.75, 3.05) is 0 Å². The Labute approximate surface area is 161 Å². The molecule has 0 amide bonds. The third-order valence-electron chi connectivity index (χ3n) is 4.16. The van der Waals surface area contributed by atoms with Crippen molar-refractivity contribution < 1.29 is 20.1 Å². The van der Waals surface area contributed by atoms with Gasteiger partial charge in [-0.25, -0.2) is 0 Å². The van der Waals surface area contributed by atoms with Crippen LogP contribution in [-0.2, 0) is 19.8 Å². The molecule has 0 fully saturated rings. The van der Waals surface area contributed by atoms with Crippen LogP contribution in [0.2, 0.25) is 0 Å². The SMILES string of the molecule is CC(=CC=CC(C)(C)O)c1cccc(OCc2ccc(CO)c(CO)c2)c1. The lowest BCUT2D eigenvalue weighted by molar-refractivity contribution is 0.133. The highest BCUT2D eigenvalue weighted by molar-refractivity contribution is 5.66. The molecule has 0 saturated carbocycles. The third kappa shape index (κ3) is 6.68. The van der Waals surface area contributed by atoms with Crippen LogP contribution in [0.4, 0.5) is 0 Å². The van der Waals surface area contributed by atoms with E-state index in [1.807, 2.05) is 61.5 Å². The average molecular weight is 368 g/mol. The molecule has 0 heterocycles. The van der Waals surface area contributed by atoms with Crippen LogP contribution in [0.15, 0.2) is 60.7 Å². The lowest BCUT2D eigenvalue weighted by atomic mass is 10.0. The molecule has 0 saturated heterocycles. The Morgan fingerprint density at radius 2 is 1.78 bits per heavy atom. The molecule has 27 heavy (non-hydrogen) atoms. The number of aliphatic hydroxyl groups is 3. The van der Waals surface area contributed by atoms with Gasteiger partial charge in [0, 0.05) is 0 Å². The van der Waals surface area contributed by atoms with E-state index < -0.39 is 5.60 Å². The Kier molecular flexibility index (Phi) is 7.36. The number of hydrogen-bond acceptors (Lipinski definition) is 4. The standard InChI is InChI=1S/C23H28O4/c1-17(6-5-11-23(2,3)26)19-7-4-8-22(13-19)27-16-18-9-10-20(14-24)21(12-18)15-25/h4-13,24-26H,14-16H2,1-3H3. The largest absolute Gasteiger partial charge is 0.489 e. The van der Waals surface area contributed by atoms with Gasteiger partial charge in [-0.15, -0.1) is 0 Å². The zero-order chi connectivity index (χ0) is 19.9. The molecular formula is C23H28O4. The van der Waals surface area contributed by atoms with E-state index in [9.17, 15) is 15.3 Å². The summed E-state index contributed by atoms with van der Waals surface area (Å²) in [6.45, 7) is 5.65. The molecule has 4 nitrogen and oxygen atoms in total. The quantitative estimate of drug-likeness (QED) is 0.617. The van der Waals surface area contributed by atoms with E-state index in [4.69, 9.17) is 4.74 Å². The Morgan fingerprint density at radius 1 is 1.04 bits per heavy atom. The lowest BCUT2D eigenvalue weighted by Gasteiger charge is -2.11. The van der Waals surface area contributed by atoms with Crippen molar-refractivity contribution in [1.29, 1.82) is 0 Å². The predicted octanol–water partition coefficient (Wildman–Crippen LogP) is 3.98. The minimum atomic E-state index is -0.833. The van der Waals surface area contributed by atoms with Crippen LogP contribution in [-0.4, -0.2) is 20.9 Å². The smallest absolute Gasteiger partial charge is 0.120 e. The molecule has 0 aliphatic heterocycles. The molecule has 0 aliphatic rings. The van der Waals surface area contributed by atoms with Crippen LogP contribution >= 0.6 is 0 Å². The van der Waals surface area contributed by atoms with Crippen LogP contribution in [0.3, 0.4) is 0 Å². The molecular weight excluding hydrogens is 340 g/mol. The summed E-state index contributed by atoms with van der Waals surface area (Å²) in [4.78, 5) is 0. The summed E-state index contributed by atoms with van der Waals surface area (Å²) in [6.07, 6.45) is 5.55. The van der Waals surface area contributed by atoms with E-state index in [1.54, 1.807) is 19.9 Å². The van der Waals surface area contributed by atoms with E-state index >= 15 is 0 Å². The molecule has 3 N–H and O–H groups in total. The van der Waals surface area contributed by atoms with Gasteiger partial charge >= 0.3 is 0 Å². The van der Waals surface area contributed by atoms with Gasteiger partial charge in [0.05, 0.1) is 18.8 Å². The normalized spacial score (nSPS) is 12.6. The van der Waals surface area contributed by atoms with Crippen molar-refractivity contribution >= 4 is 5.57 Å². The van der Waals surface area contributed by atoms with Crippen molar-refractivity contribution in [2.24, 2.45) is 0 Å². The van der Waals surface area contributed by atoms with Gasteiger partial charge in [-0.05, 0) is 66.8 Å². The van der Waals surface area contributed by atoms with Gasteiger partial charge in [-0.2, -0.15) is 0 Å². The molecule has 144 valence electrons. The Bertz CT molecular complexity index is 813. The Hall–Kier alpha value is -2.40. The van der Waals surface area contributed by atoms with Gasteiger partial charge in [0.25, 0.3) is 0 Å². The van der Waals surface area contributed by atoms with Gasteiger partial charge in [0.15, 0.2) is 0 Å². The maximum Gasteiger partial charge on any atom is 0.120 e. The number of aliphatic hydroxyl groups excluding tert-OH is 2. The molecule has 0 aromatic heterocycles. The second kappa shape index (κ2) is 9.51. The fourth-order valence-electron chi connectivity index (χ4n) is 2.59.